The van der Waals surface area contributed by atoms with Gasteiger partial charge in [-0.15, -0.1) is 13.2 Å². The van der Waals surface area contributed by atoms with Crippen LogP contribution in [0.3, 0.4) is 0 Å². The van der Waals surface area contributed by atoms with E-state index in [-0.39, 0.29) is 49.3 Å². The molecule has 3 heterocycles. The summed E-state index contributed by atoms with van der Waals surface area (Å²) < 4.78 is 69.9. The van der Waals surface area contributed by atoms with Gasteiger partial charge in [0.15, 0.2) is 0 Å². The van der Waals surface area contributed by atoms with Crippen LogP contribution in [0.1, 0.15) is 61.8 Å². The quantitative estimate of drug-likeness (QED) is 0.411. The highest BCUT2D eigenvalue weighted by atomic mass is 32.2. The lowest BCUT2D eigenvalue weighted by atomic mass is 9.89. The average molecular weight is 662 g/mol. The van der Waals surface area contributed by atoms with Crippen LogP contribution in [-0.4, -0.2) is 74.0 Å². The number of anilines is 1. The van der Waals surface area contributed by atoms with Crippen molar-refractivity contribution in [2.45, 2.75) is 77.4 Å². The van der Waals surface area contributed by atoms with Crippen molar-refractivity contribution >= 4 is 39.4 Å². The van der Waals surface area contributed by atoms with Crippen molar-refractivity contribution < 1.29 is 35.9 Å². The minimum Gasteiger partial charge on any atom is -0.406 e. The first kappa shape index (κ1) is 33.6. The van der Waals surface area contributed by atoms with Crippen molar-refractivity contribution in [3.63, 3.8) is 0 Å². The maximum atomic E-state index is 13.3. The molecule has 1 unspecified atom stereocenters. The summed E-state index contributed by atoms with van der Waals surface area (Å²) in [6, 6.07) is 9.33. The van der Waals surface area contributed by atoms with Gasteiger partial charge in [-0.25, -0.2) is 8.42 Å². The van der Waals surface area contributed by atoms with Crippen LogP contribution in [-0.2, 0) is 19.6 Å². The first-order valence-corrected chi connectivity index (χ1v) is 16.7. The maximum absolute atomic E-state index is 13.3. The highest BCUT2D eigenvalue weighted by molar-refractivity contribution is 7.92. The Morgan fingerprint density at radius 3 is 2.43 bits per heavy atom. The van der Waals surface area contributed by atoms with Gasteiger partial charge in [-0.05, 0) is 80.1 Å². The Kier molecular flexibility index (Phi) is 9.35. The van der Waals surface area contributed by atoms with Gasteiger partial charge in [-0.2, -0.15) is 4.31 Å². The van der Waals surface area contributed by atoms with E-state index in [0.29, 0.717) is 19.0 Å². The second-order valence-electron chi connectivity index (χ2n) is 12.3. The monoisotopic (exact) mass is 661 g/mol. The smallest absolute Gasteiger partial charge is 0.406 e. The summed E-state index contributed by atoms with van der Waals surface area (Å²) in [6.45, 7) is 8.65. The number of nitrogens with one attached hydrogen (secondary N) is 2. The minimum atomic E-state index is -4.86. The molecule has 3 aliphatic heterocycles. The molecule has 2 aromatic rings. The fourth-order valence-electron chi connectivity index (χ4n) is 6.20. The van der Waals surface area contributed by atoms with Gasteiger partial charge in [0.05, 0.1) is 0 Å². The Hall–Kier alpha value is -3.75. The lowest BCUT2D eigenvalue weighted by Crippen LogP contribution is -2.50. The third-order valence-corrected chi connectivity index (χ3v) is 10.1. The largest absolute Gasteiger partial charge is 0.573 e. The number of carbonyl (C=O) groups is 2. The average Bonchev–Trinajstić information content (AvgIpc) is 3.49. The highest BCUT2D eigenvalue weighted by Crippen LogP contribution is 2.34. The normalized spacial score (nSPS) is 20.7. The third-order valence-electron chi connectivity index (χ3n) is 8.58. The number of sulfonamides is 1. The highest BCUT2D eigenvalue weighted by Gasteiger charge is 2.47. The van der Waals surface area contributed by atoms with E-state index in [1.165, 1.54) is 16.4 Å². The lowest BCUT2D eigenvalue weighted by molar-refractivity contribution is -0.274. The number of aryl methyl sites for hydroxylation is 2. The Bertz CT molecular complexity index is 1660. The van der Waals surface area contributed by atoms with Gasteiger partial charge in [-0.3, -0.25) is 14.6 Å². The third kappa shape index (κ3) is 7.29. The molecule has 0 aliphatic carbocycles. The molecular formula is C32H38F3N5O5S. The number of hydrogen-bond acceptors (Lipinski definition) is 7. The van der Waals surface area contributed by atoms with Crippen molar-refractivity contribution in [2.75, 3.05) is 24.5 Å². The molecule has 14 heteroatoms. The van der Waals surface area contributed by atoms with Gasteiger partial charge in [-0.1, -0.05) is 26.0 Å². The van der Waals surface area contributed by atoms with E-state index in [1.54, 1.807) is 6.08 Å². The van der Waals surface area contributed by atoms with Crippen molar-refractivity contribution in [1.82, 2.24) is 14.9 Å². The van der Waals surface area contributed by atoms with Crippen LogP contribution in [0, 0.1) is 13.8 Å². The Balaban J connectivity index is 1.27. The van der Waals surface area contributed by atoms with E-state index in [9.17, 15) is 31.2 Å². The molecule has 2 aromatic carbocycles. The second kappa shape index (κ2) is 12.8. The van der Waals surface area contributed by atoms with E-state index in [1.807, 2.05) is 30.9 Å². The zero-order valence-electron chi connectivity index (χ0n) is 26.1. The molecule has 5 rings (SSSR count). The van der Waals surface area contributed by atoms with Crippen molar-refractivity contribution in [3.8, 4) is 5.75 Å². The number of benzene rings is 2. The lowest BCUT2D eigenvalue weighted by Gasteiger charge is -2.34. The summed E-state index contributed by atoms with van der Waals surface area (Å²) in [5.41, 5.74) is 2.24. The Labute approximate surface area is 266 Å². The maximum Gasteiger partial charge on any atom is 0.573 e. The van der Waals surface area contributed by atoms with Crippen LogP contribution in [0.15, 0.2) is 46.8 Å². The predicted molar refractivity (Wildman–Crippen MR) is 169 cm³/mol. The van der Waals surface area contributed by atoms with E-state index in [4.69, 9.17) is 0 Å². The van der Waals surface area contributed by atoms with Crippen molar-refractivity contribution in [1.29, 1.82) is 0 Å². The number of piperidine rings is 1. The van der Waals surface area contributed by atoms with E-state index in [2.05, 4.69) is 34.2 Å². The molecular weight excluding hydrogens is 623 g/mol. The van der Waals surface area contributed by atoms with Gasteiger partial charge in [0.1, 0.15) is 17.1 Å². The SMILES string of the molecule is Cc1cc(N2C(=O)CCC2CNC(C)C)cc(C)c1C=CS(=O)(=O)N1CCC2(CC1)N=C(c1cccc(OC(F)(F)F)c1)NC2=O. The van der Waals surface area contributed by atoms with Crippen LogP contribution in [0.4, 0.5) is 18.9 Å². The van der Waals surface area contributed by atoms with Gasteiger partial charge >= 0.3 is 6.36 Å². The zero-order valence-corrected chi connectivity index (χ0v) is 27.0. The molecule has 3 aliphatic rings. The fraction of sp³-hybridized carbons (Fsp3) is 0.469. The van der Waals surface area contributed by atoms with Crippen molar-refractivity contribution in [3.05, 3.63) is 64.1 Å². The molecule has 2 fully saturated rings. The Morgan fingerprint density at radius 1 is 1.13 bits per heavy atom. The van der Waals surface area contributed by atoms with Crippen LogP contribution in [0.5, 0.6) is 5.75 Å². The molecule has 2 N–H and O–H groups in total. The number of hydrogen-bond donors (Lipinski definition) is 2. The van der Waals surface area contributed by atoms with Crippen molar-refractivity contribution in [2.24, 2.45) is 4.99 Å². The number of alkyl halides is 3. The number of ether oxygens (including phenoxy) is 1. The number of carbonyl (C=O) groups excluding carboxylic acids is 2. The molecule has 0 bridgehead atoms. The molecule has 0 saturated carbocycles. The standard InChI is InChI=1S/C32H38F3N5O5S/c1-20(2)36-19-24-8-9-28(41)40(24)25-16-21(3)27(22(4)17-25)10-15-46(43,44)39-13-11-31(12-14-39)30(42)37-29(38-31)23-6-5-7-26(18-23)45-32(33,34)35/h5-7,10,15-18,20,24,36H,8-9,11-14,19H2,1-4H3,(H,37,38,42). The molecule has 1 atom stereocenters. The van der Waals surface area contributed by atoms with E-state index in [0.717, 1.165) is 46.3 Å². The fourth-order valence-corrected chi connectivity index (χ4v) is 7.37. The number of amides is 2. The van der Waals surface area contributed by atoms with Gasteiger partial charge in [0.25, 0.3) is 5.91 Å². The number of aliphatic imine (C=N–C) groups is 1. The Morgan fingerprint density at radius 2 is 1.80 bits per heavy atom. The molecule has 46 heavy (non-hydrogen) atoms. The van der Waals surface area contributed by atoms with E-state index >= 15 is 0 Å². The topological polar surface area (TPSA) is 120 Å². The summed E-state index contributed by atoms with van der Waals surface area (Å²) in [5.74, 6) is -0.688. The summed E-state index contributed by atoms with van der Waals surface area (Å²) in [6.07, 6.45) is -1.83. The van der Waals surface area contributed by atoms with Crippen LogP contribution < -0.4 is 20.3 Å². The molecule has 10 nitrogen and oxygen atoms in total. The van der Waals surface area contributed by atoms with Crippen LogP contribution in [0.25, 0.3) is 6.08 Å². The van der Waals surface area contributed by atoms with Gasteiger partial charge < -0.3 is 20.3 Å². The van der Waals surface area contributed by atoms with Gasteiger partial charge in [0, 0.05) is 54.8 Å². The summed E-state index contributed by atoms with van der Waals surface area (Å²) >= 11 is 0. The number of halogens is 3. The molecule has 2 saturated heterocycles. The number of nitrogens with zero attached hydrogens (tertiary/aromatic N) is 3. The number of amidine groups is 1. The summed E-state index contributed by atoms with van der Waals surface area (Å²) in [5, 5.41) is 7.21. The zero-order chi connectivity index (χ0) is 33.4. The summed E-state index contributed by atoms with van der Waals surface area (Å²) in [7, 11) is -3.85. The molecule has 0 radical (unpaired) electrons. The predicted octanol–water partition coefficient (Wildman–Crippen LogP) is 4.41. The van der Waals surface area contributed by atoms with E-state index < -0.39 is 33.6 Å². The van der Waals surface area contributed by atoms with Gasteiger partial charge in [0.2, 0.25) is 15.9 Å². The summed E-state index contributed by atoms with van der Waals surface area (Å²) in [4.78, 5) is 32.1. The molecule has 248 valence electrons. The number of rotatable bonds is 9. The first-order valence-electron chi connectivity index (χ1n) is 15.2. The molecule has 2 amide bonds. The minimum absolute atomic E-state index is 0.0356. The molecule has 1 spiro atoms. The van der Waals surface area contributed by atoms with Crippen LogP contribution in [0.2, 0.25) is 0 Å². The first-order chi connectivity index (χ1) is 21.6. The molecule has 0 aromatic heterocycles. The van der Waals surface area contributed by atoms with Crippen LogP contribution >= 0.6 is 0 Å². The second-order valence-corrected chi connectivity index (χ2v) is 14.1.